The number of amides is 2. The monoisotopic (exact) mass is 276 g/mol. The maximum atomic E-state index is 12.0. The van der Waals surface area contributed by atoms with Gasteiger partial charge in [-0.25, -0.2) is 9.59 Å². The molecule has 5 heteroatoms. The van der Waals surface area contributed by atoms with E-state index in [0.29, 0.717) is 12.8 Å². The Morgan fingerprint density at radius 2 is 2.00 bits per heavy atom. The van der Waals surface area contributed by atoms with E-state index in [1.54, 1.807) is 0 Å². The van der Waals surface area contributed by atoms with E-state index in [4.69, 9.17) is 0 Å². The molecular formula is C15H20N2O3. The second-order valence-electron chi connectivity index (χ2n) is 5.23. The minimum Gasteiger partial charge on any atom is -0.480 e. The lowest BCUT2D eigenvalue weighted by Gasteiger charge is -2.38. The van der Waals surface area contributed by atoms with Crippen molar-refractivity contribution in [2.75, 3.05) is 5.32 Å². The molecule has 0 unspecified atom stereocenters. The smallest absolute Gasteiger partial charge is 0.329 e. The van der Waals surface area contributed by atoms with Crippen LogP contribution in [0.2, 0.25) is 0 Å². The Bertz CT molecular complexity index is 510. The molecule has 1 saturated carbocycles. The summed E-state index contributed by atoms with van der Waals surface area (Å²) in [6, 6.07) is 7.13. The van der Waals surface area contributed by atoms with Crippen molar-refractivity contribution in [3.05, 3.63) is 29.8 Å². The summed E-state index contributed by atoms with van der Waals surface area (Å²) in [5.41, 5.74) is 0.721. The molecule has 0 heterocycles. The van der Waals surface area contributed by atoms with E-state index in [2.05, 4.69) is 17.6 Å². The normalized spacial score (nSPS) is 16.1. The molecule has 0 saturated heterocycles. The number of carboxylic acid groups (broad SMARTS) is 1. The predicted molar refractivity (Wildman–Crippen MR) is 76.8 cm³/mol. The van der Waals surface area contributed by atoms with Gasteiger partial charge in [-0.3, -0.25) is 0 Å². The number of para-hydroxylation sites is 1. The fourth-order valence-corrected chi connectivity index (χ4v) is 2.42. The first-order chi connectivity index (χ1) is 9.57. The molecule has 3 N–H and O–H groups in total. The number of hydrogen-bond donors (Lipinski definition) is 3. The van der Waals surface area contributed by atoms with Gasteiger partial charge in [0, 0.05) is 5.69 Å². The molecule has 2 amide bonds. The Balaban J connectivity index is 2.03. The molecule has 0 aliphatic heterocycles. The van der Waals surface area contributed by atoms with E-state index in [1.165, 1.54) is 0 Å². The summed E-state index contributed by atoms with van der Waals surface area (Å²) < 4.78 is 0. The van der Waals surface area contributed by atoms with Crippen LogP contribution in [0.1, 0.15) is 38.2 Å². The van der Waals surface area contributed by atoms with Crippen molar-refractivity contribution in [2.24, 2.45) is 0 Å². The van der Waals surface area contributed by atoms with E-state index in [9.17, 15) is 14.7 Å². The van der Waals surface area contributed by atoms with Crippen molar-refractivity contribution in [3.8, 4) is 0 Å². The molecule has 2 rings (SSSR count). The summed E-state index contributed by atoms with van der Waals surface area (Å²) in [7, 11) is 0. The topological polar surface area (TPSA) is 78.4 Å². The Kier molecular flexibility index (Phi) is 4.27. The van der Waals surface area contributed by atoms with Crippen LogP contribution in [-0.2, 0) is 11.2 Å². The highest BCUT2D eigenvalue weighted by Gasteiger charge is 2.45. The van der Waals surface area contributed by atoms with Crippen LogP contribution in [0, 0.1) is 0 Å². The van der Waals surface area contributed by atoms with Gasteiger partial charge in [0.2, 0.25) is 0 Å². The number of carboxylic acids is 1. The van der Waals surface area contributed by atoms with Gasteiger partial charge in [0.1, 0.15) is 5.54 Å². The molecule has 1 fully saturated rings. The van der Waals surface area contributed by atoms with Crippen LogP contribution in [0.4, 0.5) is 10.5 Å². The molecule has 1 aromatic rings. The van der Waals surface area contributed by atoms with Crippen LogP contribution in [0.5, 0.6) is 0 Å². The number of urea groups is 1. The highest BCUT2D eigenvalue weighted by molar-refractivity contribution is 5.94. The number of carbonyl (C=O) groups excluding carboxylic acids is 1. The fourth-order valence-electron chi connectivity index (χ4n) is 2.42. The quantitative estimate of drug-likeness (QED) is 0.773. The largest absolute Gasteiger partial charge is 0.480 e. The molecular weight excluding hydrogens is 256 g/mol. The minimum absolute atomic E-state index is 0.448. The van der Waals surface area contributed by atoms with Gasteiger partial charge in [0.15, 0.2) is 0 Å². The third-order valence-corrected chi connectivity index (χ3v) is 3.75. The van der Waals surface area contributed by atoms with Crippen molar-refractivity contribution in [1.82, 2.24) is 5.32 Å². The Hall–Kier alpha value is -2.04. The number of aliphatic carboxylic acids is 1. The Morgan fingerprint density at radius 1 is 1.30 bits per heavy atom. The number of rotatable bonds is 5. The maximum Gasteiger partial charge on any atom is 0.329 e. The van der Waals surface area contributed by atoms with Gasteiger partial charge in [-0.1, -0.05) is 31.5 Å². The van der Waals surface area contributed by atoms with Gasteiger partial charge in [-0.15, -0.1) is 0 Å². The molecule has 1 aliphatic carbocycles. The molecule has 0 atom stereocenters. The fraction of sp³-hybridized carbons (Fsp3) is 0.467. The minimum atomic E-state index is -1.08. The summed E-state index contributed by atoms with van der Waals surface area (Å²) in [5, 5.41) is 14.6. The number of anilines is 1. The molecule has 0 radical (unpaired) electrons. The van der Waals surface area contributed by atoms with E-state index in [-0.39, 0.29) is 0 Å². The second-order valence-corrected chi connectivity index (χ2v) is 5.23. The summed E-state index contributed by atoms with van der Waals surface area (Å²) >= 11 is 0. The van der Waals surface area contributed by atoms with Crippen LogP contribution < -0.4 is 10.6 Å². The average Bonchev–Trinajstić information content (AvgIpc) is 2.36. The van der Waals surface area contributed by atoms with Crippen LogP contribution in [0.3, 0.4) is 0 Å². The highest BCUT2D eigenvalue weighted by atomic mass is 16.4. The van der Waals surface area contributed by atoms with Gasteiger partial charge in [0.05, 0.1) is 0 Å². The molecule has 5 nitrogen and oxygen atoms in total. The van der Waals surface area contributed by atoms with Crippen LogP contribution in [0.25, 0.3) is 0 Å². The molecule has 20 heavy (non-hydrogen) atoms. The first-order valence-electron chi connectivity index (χ1n) is 6.98. The molecule has 1 aliphatic rings. The lowest BCUT2D eigenvalue weighted by molar-refractivity contribution is -0.148. The average molecular weight is 276 g/mol. The zero-order chi connectivity index (χ0) is 14.6. The van der Waals surface area contributed by atoms with Gasteiger partial charge in [0.25, 0.3) is 0 Å². The first-order valence-corrected chi connectivity index (χ1v) is 6.98. The van der Waals surface area contributed by atoms with E-state index in [1.807, 2.05) is 24.3 Å². The summed E-state index contributed by atoms with van der Waals surface area (Å²) in [5.74, 6) is -0.958. The van der Waals surface area contributed by atoms with Crippen molar-refractivity contribution < 1.29 is 14.7 Å². The van der Waals surface area contributed by atoms with Crippen molar-refractivity contribution >= 4 is 17.7 Å². The van der Waals surface area contributed by atoms with Gasteiger partial charge < -0.3 is 15.7 Å². The standard InChI is InChI=1S/C15H20N2O3/c1-2-6-11-7-3-4-8-12(11)16-14(20)17-15(13(18)19)9-5-10-15/h3-4,7-8H,2,5-6,9-10H2,1H3,(H,18,19)(H2,16,17,20). The number of carbonyl (C=O) groups is 2. The lowest BCUT2D eigenvalue weighted by Crippen LogP contribution is -2.60. The molecule has 1 aromatic carbocycles. The number of nitrogens with one attached hydrogen (secondary N) is 2. The molecule has 0 bridgehead atoms. The zero-order valence-electron chi connectivity index (χ0n) is 11.6. The van der Waals surface area contributed by atoms with Crippen molar-refractivity contribution in [3.63, 3.8) is 0 Å². The zero-order valence-corrected chi connectivity index (χ0v) is 11.6. The molecule has 0 spiro atoms. The van der Waals surface area contributed by atoms with Crippen molar-refractivity contribution in [2.45, 2.75) is 44.6 Å². The summed E-state index contributed by atoms with van der Waals surface area (Å²) in [6.45, 7) is 2.07. The van der Waals surface area contributed by atoms with Gasteiger partial charge in [-0.05, 0) is 37.3 Å². The van der Waals surface area contributed by atoms with Gasteiger partial charge >= 0.3 is 12.0 Å². The number of hydrogen-bond acceptors (Lipinski definition) is 2. The molecule has 108 valence electrons. The van der Waals surface area contributed by atoms with Crippen LogP contribution in [0.15, 0.2) is 24.3 Å². The van der Waals surface area contributed by atoms with Gasteiger partial charge in [-0.2, -0.15) is 0 Å². The Labute approximate surface area is 118 Å². The van der Waals surface area contributed by atoms with Crippen LogP contribution >= 0.6 is 0 Å². The van der Waals surface area contributed by atoms with E-state index >= 15 is 0 Å². The first kappa shape index (κ1) is 14.4. The predicted octanol–water partition coefficient (Wildman–Crippen LogP) is 2.77. The SMILES string of the molecule is CCCc1ccccc1NC(=O)NC1(C(=O)O)CCC1. The number of benzene rings is 1. The highest BCUT2D eigenvalue weighted by Crippen LogP contribution is 2.32. The summed E-state index contributed by atoms with van der Waals surface area (Å²) in [4.78, 5) is 23.2. The second kappa shape index (κ2) is 5.94. The third-order valence-electron chi connectivity index (χ3n) is 3.75. The van der Waals surface area contributed by atoms with E-state index in [0.717, 1.165) is 30.5 Å². The van der Waals surface area contributed by atoms with Crippen LogP contribution in [-0.4, -0.2) is 22.6 Å². The Morgan fingerprint density at radius 3 is 2.55 bits per heavy atom. The van der Waals surface area contributed by atoms with Crippen molar-refractivity contribution in [1.29, 1.82) is 0 Å². The number of aryl methyl sites for hydroxylation is 1. The molecule has 0 aromatic heterocycles. The lowest BCUT2D eigenvalue weighted by atomic mass is 9.77. The third kappa shape index (κ3) is 2.92. The maximum absolute atomic E-state index is 12.0. The van der Waals surface area contributed by atoms with E-state index < -0.39 is 17.5 Å². The summed E-state index contributed by atoms with van der Waals surface area (Å²) in [6.07, 6.45) is 3.68.